The van der Waals surface area contributed by atoms with E-state index in [4.69, 9.17) is 14.2 Å². The summed E-state index contributed by atoms with van der Waals surface area (Å²) >= 11 is 0. The van der Waals surface area contributed by atoms with Crippen molar-refractivity contribution in [3.8, 4) is 17.2 Å². The number of nitrogens with one attached hydrogen (secondary N) is 1. The smallest absolute Gasteiger partial charge is 0.271 e. The number of ether oxygens (including phenoxy) is 3. The Labute approximate surface area is 138 Å². The van der Waals surface area contributed by atoms with Crippen LogP contribution >= 0.6 is 0 Å². The Morgan fingerprint density at radius 3 is 2.29 bits per heavy atom. The second-order valence-electron chi connectivity index (χ2n) is 4.69. The molecule has 0 heterocycles. The van der Waals surface area contributed by atoms with Gasteiger partial charge in [0.15, 0.2) is 6.61 Å². The van der Waals surface area contributed by atoms with E-state index in [9.17, 15) is 14.9 Å². The third-order valence-electron chi connectivity index (χ3n) is 3.04. The Morgan fingerprint density at radius 1 is 1.08 bits per heavy atom. The summed E-state index contributed by atoms with van der Waals surface area (Å²) < 4.78 is 15.6. The largest absolute Gasteiger partial charge is 0.496 e. The summed E-state index contributed by atoms with van der Waals surface area (Å²) in [5, 5.41) is 13.2. The van der Waals surface area contributed by atoms with Crippen molar-refractivity contribution >= 4 is 17.3 Å². The van der Waals surface area contributed by atoms with Gasteiger partial charge in [0.25, 0.3) is 11.6 Å². The van der Waals surface area contributed by atoms with E-state index < -0.39 is 10.8 Å². The van der Waals surface area contributed by atoms with E-state index in [0.717, 1.165) is 0 Å². The molecule has 2 rings (SSSR count). The second-order valence-corrected chi connectivity index (χ2v) is 4.69. The van der Waals surface area contributed by atoms with Crippen molar-refractivity contribution in [2.75, 3.05) is 26.1 Å². The van der Waals surface area contributed by atoms with Crippen LogP contribution in [-0.2, 0) is 4.79 Å². The zero-order chi connectivity index (χ0) is 17.5. The van der Waals surface area contributed by atoms with Crippen LogP contribution in [0.4, 0.5) is 11.4 Å². The quantitative estimate of drug-likeness (QED) is 0.618. The van der Waals surface area contributed by atoms with Gasteiger partial charge in [-0.1, -0.05) is 6.07 Å². The van der Waals surface area contributed by atoms with Crippen LogP contribution in [0.5, 0.6) is 17.2 Å². The van der Waals surface area contributed by atoms with E-state index in [-0.39, 0.29) is 12.3 Å². The summed E-state index contributed by atoms with van der Waals surface area (Å²) in [5.74, 6) is 1.02. The van der Waals surface area contributed by atoms with Crippen LogP contribution in [0.2, 0.25) is 0 Å². The van der Waals surface area contributed by atoms with E-state index in [1.165, 1.54) is 32.4 Å². The zero-order valence-corrected chi connectivity index (χ0v) is 13.1. The molecule has 2 aromatic rings. The highest BCUT2D eigenvalue weighted by Crippen LogP contribution is 2.27. The number of anilines is 1. The number of nitro groups is 1. The Bertz CT molecular complexity index is 725. The van der Waals surface area contributed by atoms with Gasteiger partial charge in [-0.3, -0.25) is 14.9 Å². The lowest BCUT2D eigenvalue weighted by atomic mass is 10.3. The van der Waals surface area contributed by atoms with Crippen LogP contribution in [0.25, 0.3) is 0 Å². The van der Waals surface area contributed by atoms with Crippen molar-refractivity contribution < 1.29 is 23.9 Å². The first-order valence-corrected chi connectivity index (χ1v) is 6.92. The summed E-state index contributed by atoms with van der Waals surface area (Å²) in [6, 6.07) is 10.6. The molecule has 0 atom stereocenters. The summed E-state index contributed by atoms with van der Waals surface area (Å²) in [4.78, 5) is 22.1. The second kappa shape index (κ2) is 7.82. The first kappa shape index (κ1) is 17.1. The summed E-state index contributed by atoms with van der Waals surface area (Å²) in [6.07, 6.45) is 0. The average molecular weight is 332 g/mol. The lowest BCUT2D eigenvalue weighted by molar-refractivity contribution is -0.384. The molecule has 1 amide bonds. The minimum Gasteiger partial charge on any atom is -0.496 e. The van der Waals surface area contributed by atoms with Crippen LogP contribution in [0.3, 0.4) is 0 Å². The number of amides is 1. The Balaban J connectivity index is 1.98. The number of nitrogens with zero attached hydrogens (tertiary/aromatic N) is 1. The molecule has 0 bridgehead atoms. The molecule has 0 aliphatic heterocycles. The molecule has 0 fully saturated rings. The predicted octanol–water partition coefficient (Wildman–Crippen LogP) is 2.63. The molecule has 24 heavy (non-hydrogen) atoms. The van der Waals surface area contributed by atoms with Gasteiger partial charge in [-0.2, -0.15) is 0 Å². The lowest BCUT2D eigenvalue weighted by Crippen LogP contribution is -2.20. The Hall–Kier alpha value is -3.29. The van der Waals surface area contributed by atoms with Crippen molar-refractivity contribution in [1.82, 2.24) is 0 Å². The highest BCUT2D eigenvalue weighted by atomic mass is 16.6. The minimum absolute atomic E-state index is 0.105. The first-order valence-electron chi connectivity index (χ1n) is 6.92. The van der Waals surface area contributed by atoms with Gasteiger partial charge in [0, 0.05) is 36.0 Å². The minimum atomic E-state index is -0.533. The molecule has 0 radical (unpaired) electrons. The number of methoxy groups -OCH3 is 2. The van der Waals surface area contributed by atoms with Crippen LogP contribution in [-0.4, -0.2) is 31.7 Å². The highest BCUT2D eigenvalue weighted by molar-refractivity contribution is 5.92. The third kappa shape index (κ3) is 4.60. The zero-order valence-electron chi connectivity index (χ0n) is 13.1. The Kier molecular flexibility index (Phi) is 5.56. The molecule has 126 valence electrons. The van der Waals surface area contributed by atoms with Gasteiger partial charge in [0.05, 0.1) is 19.1 Å². The lowest BCUT2D eigenvalue weighted by Gasteiger charge is -2.10. The van der Waals surface area contributed by atoms with Crippen molar-refractivity contribution in [3.05, 3.63) is 52.6 Å². The molecule has 8 heteroatoms. The summed E-state index contributed by atoms with van der Waals surface area (Å²) in [7, 11) is 3.02. The number of hydrogen-bond donors (Lipinski definition) is 1. The number of nitro benzene ring substituents is 1. The summed E-state index contributed by atoms with van der Waals surface area (Å²) in [5.41, 5.74) is 0.215. The van der Waals surface area contributed by atoms with Crippen molar-refractivity contribution in [2.24, 2.45) is 0 Å². The van der Waals surface area contributed by atoms with E-state index >= 15 is 0 Å². The highest BCUT2D eigenvalue weighted by Gasteiger charge is 2.10. The number of benzene rings is 2. The molecule has 0 saturated heterocycles. The van der Waals surface area contributed by atoms with E-state index in [2.05, 4.69) is 5.32 Å². The van der Waals surface area contributed by atoms with Crippen LogP contribution < -0.4 is 19.5 Å². The fraction of sp³-hybridized carbons (Fsp3) is 0.188. The van der Waals surface area contributed by atoms with Gasteiger partial charge >= 0.3 is 0 Å². The van der Waals surface area contributed by atoms with Crippen molar-refractivity contribution in [3.63, 3.8) is 0 Å². The molecule has 2 aromatic carbocycles. The number of non-ortho nitro benzene ring substituents is 1. The topological polar surface area (TPSA) is 99.9 Å². The standard InChI is InChI=1S/C16H16N2O6/c1-22-13-7-14(23-2)9-15(8-13)24-10-16(19)17-11-4-3-5-12(6-11)18(20)21/h3-9H,10H2,1-2H3,(H,17,19). The number of rotatable bonds is 7. The van der Waals surface area contributed by atoms with Gasteiger partial charge in [0.1, 0.15) is 17.2 Å². The SMILES string of the molecule is COc1cc(OC)cc(OCC(=O)Nc2cccc([N+](=O)[O-])c2)c1. The summed E-state index contributed by atoms with van der Waals surface area (Å²) in [6.45, 7) is -0.265. The number of carbonyl (C=O) groups excluding carboxylic acids is 1. The first-order chi connectivity index (χ1) is 11.5. The van der Waals surface area contributed by atoms with E-state index in [0.29, 0.717) is 22.9 Å². The molecule has 1 N–H and O–H groups in total. The van der Waals surface area contributed by atoms with Gasteiger partial charge < -0.3 is 19.5 Å². The molecule has 0 spiro atoms. The van der Waals surface area contributed by atoms with Gasteiger partial charge in [-0.25, -0.2) is 0 Å². The molecule has 0 aliphatic carbocycles. The fourth-order valence-corrected chi connectivity index (χ4v) is 1.91. The monoisotopic (exact) mass is 332 g/mol. The van der Waals surface area contributed by atoms with Crippen LogP contribution in [0.15, 0.2) is 42.5 Å². The van der Waals surface area contributed by atoms with E-state index in [1.54, 1.807) is 24.3 Å². The van der Waals surface area contributed by atoms with Gasteiger partial charge in [0.2, 0.25) is 0 Å². The van der Waals surface area contributed by atoms with E-state index in [1.807, 2.05) is 0 Å². The maximum Gasteiger partial charge on any atom is 0.271 e. The number of hydrogen-bond acceptors (Lipinski definition) is 6. The van der Waals surface area contributed by atoms with Crippen LogP contribution in [0, 0.1) is 10.1 Å². The Morgan fingerprint density at radius 2 is 1.71 bits per heavy atom. The molecule has 0 aliphatic rings. The fourth-order valence-electron chi connectivity index (χ4n) is 1.91. The van der Waals surface area contributed by atoms with Crippen molar-refractivity contribution in [1.29, 1.82) is 0 Å². The normalized spacial score (nSPS) is 9.92. The third-order valence-corrected chi connectivity index (χ3v) is 3.04. The maximum atomic E-state index is 11.9. The molecular weight excluding hydrogens is 316 g/mol. The van der Waals surface area contributed by atoms with Gasteiger partial charge in [-0.15, -0.1) is 0 Å². The number of carbonyl (C=O) groups is 1. The molecular formula is C16H16N2O6. The van der Waals surface area contributed by atoms with Gasteiger partial charge in [-0.05, 0) is 6.07 Å². The molecule has 0 saturated carbocycles. The van der Waals surface area contributed by atoms with Crippen LogP contribution in [0.1, 0.15) is 0 Å². The molecule has 0 unspecified atom stereocenters. The molecule has 8 nitrogen and oxygen atoms in total. The maximum absolute atomic E-state index is 11.9. The predicted molar refractivity (Wildman–Crippen MR) is 86.8 cm³/mol. The average Bonchev–Trinajstić information content (AvgIpc) is 2.59. The molecule has 0 aromatic heterocycles. The van der Waals surface area contributed by atoms with Crippen molar-refractivity contribution in [2.45, 2.75) is 0 Å².